The van der Waals surface area contributed by atoms with Crippen LogP contribution < -0.4 is 10.9 Å². The predicted octanol–water partition coefficient (Wildman–Crippen LogP) is 4.60. The van der Waals surface area contributed by atoms with E-state index in [4.69, 9.17) is 17.2 Å². The van der Waals surface area contributed by atoms with E-state index in [2.05, 4.69) is 12.2 Å². The first-order valence-electron chi connectivity index (χ1n) is 10.4. The van der Waals surface area contributed by atoms with Gasteiger partial charge in [0.05, 0.1) is 10.5 Å². The molecule has 30 heavy (non-hydrogen) atoms. The van der Waals surface area contributed by atoms with Gasteiger partial charge in [-0.05, 0) is 44.4 Å². The van der Waals surface area contributed by atoms with Crippen molar-refractivity contribution >= 4 is 51.7 Å². The number of aryl methyl sites for hydroxylation is 1. The van der Waals surface area contributed by atoms with Crippen molar-refractivity contribution in [3.8, 4) is 0 Å². The molecule has 3 rings (SSSR count). The summed E-state index contributed by atoms with van der Waals surface area (Å²) < 4.78 is 2.07. The normalized spacial score (nSPS) is 16.7. The fourth-order valence-electron chi connectivity index (χ4n) is 3.33. The number of hydrogen-bond donors (Lipinski definition) is 1. The second-order valence-electron chi connectivity index (χ2n) is 7.51. The van der Waals surface area contributed by atoms with Crippen LogP contribution in [-0.2, 0) is 4.79 Å². The lowest BCUT2D eigenvalue weighted by molar-refractivity contribution is -0.123. The number of nitrogens with zero attached hydrogens (tertiary/aromatic N) is 3. The molecule has 8 heteroatoms. The highest BCUT2D eigenvalue weighted by Crippen LogP contribution is 2.34. The van der Waals surface area contributed by atoms with Crippen molar-refractivity contribution in [2.75, 3.05) is 11.9 Å². The van der Waals surface area contributed by atoms with Gasteiger partial charge in [0.1, 0.15) is 15.8 Å². The highest BCUT2D eigenvalue weighted by molar-refractivity contribution is 8.26. The molecule has 1 fully saturated rings. The Morgan fingerprint density at radius 3 is 2.77 bits per heavy atom. The number of aromatic nitrogens is 2. The topological polar surface area (TPSA) is 66.7 Å². The zero-order chi connectivity index (χ0) is 21.8. The van der Waals surface area contributed by atoms with Crippen molar-refractivity contribution in [1.82, 2.24) is 14.3 Å². The van der Waals surface area contributed by atoms with Gasteiger partial charge >= 0.3 is 0 Å². The Hall–Kier alpha value is -2.19. The molecule has 160 valence electrons. The highest BCUT2D eigenvalue weighted by Gasteiger charge is 2.35. The van der Waals surface area contributed by atoms with E-state index in [1.54, 1.807) is 17.2 Å². The molecule has 6 nitrogen and oxygen atoms in total. The lowest BCUT2D eigenvalue weighted by atomic mass is 10.2. The summed E-state index contributed by atoms with van der Waals surface area (Å²) in [5, 5.41) is 3.32. The summed E-state index contributed by atoms with van der Waals surface area (Å²) in [5.41, 5.74) is 1.72. The van der Waals surface area contributed by atoms with E-state index < -0.39 is 0 Å². The van der Waals surface area contributed by atoms with Crippen molar-refractivity contribution in [1.29, 1.82) is 0 Å². The number of anilines is 1. The second kappa shape index (κ2) is 9.75. The SMILES string of the molecule is CCCCCNc1nc2c(C)cccn2c(=O)c1/C=C1/SC(=S)N(C(C)CC)C1=O. The molecule has 1 atom stereocenters. The number of amides is 1. The molecule has 1 amide bonds. The summed E-state index contributed by atoms with van der Waals surface area (Å²) in [6, 6.07) is 3.78. The minimum Gasteiger partial charge on any atom is -0.369 e. The van der Waals surface area contributed by atoms with Gasteiger partial charge in [-0.3, -0.25) is 18.9 Å². The molecule has 0 bridgehead atoms. The molecule has 2 aromatic rings. The van der Waals surface area contributed by atoms with E-state index in [0.29, 0.717) is 26.3 Å². The monoisotopic (exact) mass is 444 g/mol. The Kier molecular flexibility index (Phi) is 7.31. The minimum absolute atomic E-state index is 0.0218. The molecule has 1 saturated heterocycles. The molecule has 1 unspecified atom stereocenters. The third kappa shape index (κ3) is 4.44. The molecule has 0 aromatic carbocycles. The smallest absolute Gasteiger partial charge is 0.267 e. The van der Waals surface area contributed by atoms with Crippen LogP contribution in [0.1, 0.15) is 57.6 Å². The fraction of sp³-hybridized carbons (Fsp3) is 0.455. The third-order valence-corrected chi connectivity index (χ3v) is 6.62. The molecule has 0 spiro atoms. The third-order valence-electron chi connectivity index (χ3n) is 5.29. The summed E-state index contributed by atoms with van der Waals surface area (Å²) in [4.78, 5) is 33.1. The Balaban J connectivity index is 2.08. The van der Waals surface area contributed by atoms with Crippen LogP contribution in [0.5, 0.6) is 0 Å². The second-order valence-corrected chi connectivity index (χ2v) is 9.18. The van der Waals surface area contributed by atoms with E-state index in [0.717, 1.165) is 37.8 Å². The van der Waals surface area contributed by atoms with Gasteiger partial charge in [-0.15, -0.1) is 0 Å². The number of carbonyl (C=O) groups excluding carboxylic acids is 1. The minimum atomic E-state index is -0.199. The average molecular weight is 445 g/mol. The van der Waals surface area contributed by atoms with Gasteiger partial charge in [0.25, 0.3) is 11.5 Å². The number of rotatable bonds is 8. The predicted molar refractivity (Wildman–Crippen MR) is 129 cm³/mol. The van der Waals surface area contributed by atoms with Crippen molar-refractivity contribution in [3.05, 3.63) is 44.7 Å². The number of pyridine rings is 1. The Morgan fingerprint density at radius 2 is 2.07 bits per heavy atom. The van der Waals surface area contributed by atoms with Crippen molar-refractivity contribution < 1.29 is 4.79 Å². The molecule has 0 saturated carbocycles. The molecule has 0 aliphatic carbocycles. The lowest BCUT2D eigenvalue weighted by Crippen LogP contribution is -2.36. The molecule has 1 N–H and O–H groups in total. The molecule has 1 aliphatic heterocycles. The van der Waals surface area contributed by atoms with Crippen LogP contribution in [0, 0.1) is 6.92 Å². The van der Waals surface area contributed by atoms with Crippen molar-refractivity contribution in [2.45, 2.75) is 59.4 Å². The standard InChI is InChI=1S/C22H28N4O2S2/c1-5-7-8-11-23-18-16(20(27)25-12-9-10-14(3)19(25)24-18)13-17-21(28)26(15(4)6-2)22(29)30-17/h9-10,12-13,15,23H,5-8,11H2,1-4H3/b17-13+. The number of thiocarbonyl (C=S) groups is 1. The van der Waals surface area contributed by atoms with E-state index in [-0.39, 0.29) is 17.5 Å². The van der Waals surface area contributed by atoms with Crippen molar-refractivity contribution in [2.24, 2.45) is 0 Å². The first-order chi connectivity index (χ1) is 14.4. The van der Waals surface area contributed by atoms with Gasteiger partial charge in [0, 0.05) is 18.8 Å². The van der Waals surface area contributed by atoms with Crippen LogP contribution in [0.2, 0.25) is 0 Å². The first-order valence-corrected chi connectivity index (χ1v) is 11.6. The molecule has 2 aromatic heterocycles. The van der Waals surface area contributed by atoms with Crippen LogP contribution >= 0.6 is 24.0 Å². The summed E-state index contributed by atoms with van der Waals surface area (Å²) in [5.74, 6) is 0.365. The molecule has 3 heterocycles. The summed E-state index contributed by atoms with van der Waals surface area (Å²) >= 11 is 6.67. The number of carbonyl (C=O) groups is 1. The summed E-state index contributed by atoms with van der Waals surface area (Å²) in [6.07, 6.45) is 7.36. The van der Waals surface area contributed by atoms with E-state index in [1.165, 1.54) is 16.2 Å². The van der Waals surface area contributed by atoms with E-state index in [9.17, 15) is 9.59 Å². The van der Waals surface area contributed by atoms with Gasteiger partial charge < -0.3 is 5.32 Å². The van der Waals surface area contributed by atoms with Crippen LogP contribution in [-0.4, -0.2) is 37.1 Å². The molecular weight excluding hydrogens is 416 g/mol. The van der Waals surface area contributed by atoms with Crippen LogP contribution in [0.4, 0.5) is 5.82 Å². The van der Waals surface area contributed by atoms with Crippen LogP contribution in [0.15, 0.2) is 28.0 Å². The van der Waals surface area contributed by atoms with Gasteiger partial charge in [-0.2, -0.15) is 0 Å². The maximum Gasteiger partial charge on any atom is 0.267 e. The average Bonchev–Trinajstić information content (AvgIpc) is 3.01. The maximum atomic E-state index is 13.3. The molecule has 1 aliphatic rings. The van der Waals surface area contributed by atoms with Crippen molar-refractivity contribution in [3.63, 3.8) is 0 Å². The fourth-order valence-corrected chi connectivity index (χ4v) is 4.78. The zero-order valence-electron chi connectivity index (χ0n) is 17.9. The van der Waals surface area contributed by atoms with Crippen LogP contribution in [0.3, 0.4) is 0 Å². The molecular formula is C22H28N4O2S2. The number of nitrogens with one attached hydrogen (secondary N) is 1. The lowest BCUT2D eigenvalue weighted by Gasteiger charge is -2.21. The van der Waals surface area contributed by atoms with E-state index in [1.807, 2.05) is 32.9 Å². The van der Waals surface area contributed by atoms with E-state index >= 15 is 0 Å². The van der Waals surface area contributed by atoms with Crippen LogP contribution in [0.25, 0.3) is 11.7 Å². The summed E-state index contributed by atoms with van der Waals surface area (Å²) in [7, 11) is 0. The van der Waals surface area contributed by atoms with Gasteiger partial charge in [0.2, 0.25) is 0 Å². The number of fused-ring (bicyclic) bond motifs is 1. The van der Waals surface area contributed by atoms with Gasteiger partial charge in [-0.1, -0.05) is 56.7 Å². The zero-order valence-corrected chi connectivity index (χ0v) is 19.5. The Morgan fingerprint density at radius 1 is 1.30 bits per heavy atom. The van der Waals surface area contributed by atoms with Gasteiger partial charge in [0.15, 0.2) is 0 Å². The van der Waals surface area contributed by atoms with Gasteiger partial charge in [-0.25, -0.2) is 4.98 Å². The quantitative estimate of drug-likeness (QED) is 0.364. The largest absolute Gasteiger partial charge is 0.369 e. The number of thioether (sulfide) groups is 1. The number of hydrogen-bond acceptors (Lipinski definition) is 6. The maximum absolute atomic E-state index is 13.3. The molecule has 0 radical (unpaired) electrons. The Labute approximate surface area is 186 Å². The highest BCUT2D eigenvalue weighted by atomic mass is 32.2. The number of unbranched alkanes of at least 4 members (excludes halogenated alkanes) is 2. The first kappa shape index (κ1) is 22.5. The Bertz CT molecular complexity index is 1060. The summed E-state index contributed by atoms with van der Waals surface area (Å²) in [6.45, 7) is 8.79.